The Hall–Kier alpha value is -2.82. The molecule has 0 saturated heterocycles. The first kappa shape index (κ1) is 59.2. The van der Waals surface area contributed by atoms with Crippen molar-refractivity contribution in [1.29, 1.82) is 0 Å². The largest absolute Gasteiger partial charge is 0.481 e. The topological polar surface area (TPSA) is 150 Å². The van der Waals surface area contributed by atoms with Crippen molar-refractivity contribution in [3.63, 3.8) is 0 Å². The molecule has 0 aliphatic carbocycles. The Morgan fingerprint density at radius 1 is 0.484 bits per heavy atom. The van der Waals surface area contributed by atoms with Gasteiger partial charge in [0.05, 0.1) is 0 Å². The minimum absolute atomic E-state index is 0.00358. The number of ether oxygens (including phenoxy) is 4. The first-order valence-electron chi connectivity index (χ1n) is 25.4. The molecule has 0 amide bonds. The third-order valence-electron chi connectivity index (χ3n) is 11.7. The van der Waals surface area contributed by atoms with Crippen LogP contribution in [0.3, 0.4) is 0 Å². The summed E-state index contributed by atoms with van der Waals surface area (Å²) in [6.45, 7) is 8.03. The molecule has 0 bridgehead atoms. The lowest BCUT2D eigenvalue weighted by Crippen LogP contribution is -2.51. The van der Waals surface area contributed by atoms with Crippen LogP contribution in [0.2, 0.25) is 0 Å². The first-order chi connectivity index (χ1) is 30.1. The lowest BCUT2D eigenvalue weighted by Gasteiger charge is -2.35. The average molecular weight is 879 g/mol. The zero-order chi connectivity index (χ0) is 45.9. The molecule has 0 saturated carbocycles. The van der Waals surface area contributed by atoms with Crippen LogP contribution in [0.15, 0.2) is 9.98 Å². The number of carboxylic acids is 1. The Balaban J connectivity index is 5.21. The molecule has 1 N–H and O–H groups in total. The summed E-state index contributed by atoms with van der Waals surface area (Å²) in [5.74, 6) is -4.33. The van der Waals surface area contributed by atoms with Gasteiger partial charge in [0.15, 0.2) is 6.10 Å². The van der Waals surface area contributed by atoms with Gasteiger partial charge < -0.3 is 29.0 Å². The van der Waals surface area contributed by atoms with Crippen LogP contribution in [0.25, 0.3) is 0 Å². The van der Waals surface area contributed by atoms with E-state index in [0.29, 0.717) is 25.8 Å². The lowest BCUT2D eigenvalue weighted by molar-refractivity contribution is -0.191. The molecule has 0 aromatic carbocycles. The van der Waals surface area contributed by atoms with Crippen LogP contribution in [0.1, 0.15) is 240 Å². The molecular weight excluding hydrogens is 785 g/mol. The monoisotopic (exact) mass is 879 g/mol. The summed E-state index contributed by atoms with van der Waals surface area (Å²) < 4.78 is 23.0. The van der Waals surface area contributed by atoms with E-state index in [0.717, 1.165) is 57.8 Å². The maximum absolute atomic E-state index is 13.2. The molecule has 11 nitrogen and oxygen atoms in total. The van der Waals surface area contributed by atoms with Crippen LogP contribution in [0, 0.1) is 5.92 Å². The number of unbranched alkanes of at least 4 members (excludes halogenated alkanes) is 26. The molecule has 0 radical (unpaired) electrons. The molecule has 0 spiro atoms. The number of carboxylic acid groups (broad SMARTS) is 1. The molecule has 5 unspecified atom stereocenters. The van der Waals surface area contributed by atoms with Crippen molar-refractivity contribution in [2.24, 2.45) is 15.9 Å². The predicted molar refractivity (Wildman–Crippen MR) is 254 cm³/mol. The van der Waals surface area contributed by atoms with Crippen molar-refractivity contribution in [2.75, 3.05) is 20.7 Å². The molecule has 5 atom stereocenters. The zero-order valence-corrected chi connectivity index (χ0v) is 40.7. The van der Waals surface area contributed by atoms with Crippen LogP contribution < -0.4 is 0 Å². The summed E-state index contributed by atoms with van der Waals surface area (Å²) in [6.07, 6.45) is 33.5. The van der Waals surface area contributed by atoms with Gasteiger partial charge in [-0.3, -0.25) is 24.2 Å². The Morgan fingerprint density at radius 3 is 1.23 bits per heavy atom. The van der Waals surface area contributed by atoms with Crippen molar-refractivity contribution in [3.05, 3.63) is 0 Å². The van der Waals surface area contributed by atoms with E-state index in [1.54, 1.807) is 20.9 Å². The van der Waals surface area contributed by atoms with Crippen molar-refractivity contribution >= 4 is 36.3 Å². The number of carbonyl (C=O) groups is 4. The van der Waals surface area contributed by atoms with E-state index in [9.17, 15) is 24.3 Å². The van der Waals surface area contributed by atoms with Gasteiger partial charge in [-0.1, -0.05) is 168 Å². The smallest absolute Gasteiger partial charge is 0.313 e. The van der Waals surface area contributed by atoms with Crippen molar-refractivity contribution < 1.29 is 43.2 Å². The van der Waals surface area contributed by atoms with Gasteiger partial charge in [-0.15, -0.1) is 0 Å². The van der Waals surface area contributed by atoms with Gasteiger partial charge in [-0.25, -0.2) is 0 Å². The minimum atomic E-state index is -1.48. The Labute approximate surface area is 379 Å². The molecule has 0 aromatic heterocycles. The molecular formula is C51H94N2O9. The number of esters is 3. The molecule has 62 heavy (non-hydrogen) atoms. The predicted octanol–water partition coefficient (Wildman–Crippen LogP) is 13.2. The van der Waals surface area contributed by atoms with Gasteiger partial charge in [0.2, 0.25) is 0 Å². The summed E-state index contributed by atoms with van der Waals surface area (Å²) in [5, 5.41) is 10.6. The van der Waals surface area contributed by atoms with E-state index in [-0.39, 0.29) is 19.3 Å². The molecule has 0 heterocycles. The average Bonchev–Trinajstić information content (AvgIpc) is 3.24. The number of methoxy groups -OCH3 is 1. The molecule has 0 aliphatic rings. The van der Waals surface area contributed by atoms with Gasteiger partial charge in [-0.2, -0.15) is 0 Å². The fraction of sp³-hybridized carbons (Fsp3) is 0.882. The minimum Gasteiger partial charge on any atom is -0.481 e. The van der Waals surface area contributed by atoms with Crippen molar-refractivity contribution in [3.8, 4) is 0 Å². The Bertz CT molecular complexity index is 1150. The fourth-order valence-corrected chi connectivity index (χ4v) is 7.94. The van der Waals surface area contributed by atoms with Crippen molar-refractivity contribution in [2.45, 2.75) is 264 Å². The summed E-state index contributed by atoms with van der Waals surface area (Å²) >= 11 is 0. The summed E-state index contributed by atoms with van der Waals surface area (Å²) in [5.41, 5.74) is 0. The van der Waals surface area contributed by atoms with Gasteiger partial charge in [-0.05, 0) is 64.8 Å². The second kappa shape index (κ2) is 43.4. The fourth-order valence-electron chi connectivity index (χ4n) is 7.94. The Morgan fingerprint density at radius 2 is 0.839 bits per heavy atom. The molecule has 0 rings (SSSR count). The summed E-state index contributed by atoms with van der Waals surface area (Å²) in [7, 11) is 3.09. The molecule has 0 aromatic rings. The normalized spacial score (nSPS) is 14.2. The van der Waals surface area contributed by atoms with Crippen LogP contribution in [0.4, 0.5) is 0 Å². The quantitative estimate of drug-likeness (QED) is 0.0273. The third-order valence-corrected chi connectivity index (χ3v) is 11.7. The third kappa shape index (κ3) is 34.6. The number of carbonyl (C=O) groups excluding carboxylic acids is 3. The highest BCUT2D eigenvalue weighted by atomic mass is 16.6. The number of nitrogens with zero attached hydrogens (tertiary/aromatic N) is 2. The molecule has 0 aliphatic heterocycles. The molecule has 11 heteroatoms. The van der Waals surface area contributed by atoms with Crippen molar-refractivity contribution in [1.82, 2.24) is 0 Å². The number of hydrogen-bond acceptors (Lipinski definition) is 10. The van der Waals surface area contributed by atoms with Crippen LogP contribution in [-0.4, -0.2) is 86.5 Å². The lowest BCUT2D eigenvalue weighted by atomic mass is 9.89. The molecule has 362 valence electrons. The zero-order valence-electron chi connectivity index (χ0n) is 40.7. The number of aliphatic carboxylic acids is 1. The van der Waals surface area contributed by atoms with E-state index in [1.165, 1.54) is 123 Å². The number of aliphatic imine (C=N–C) groups is 2. The second-order valence-electron chi connectivity index (χ2n) is 17.5. The van der Waals surface area contributed by atoms with Crippen LogP contribution in [0.5, 0.6) is 0 Å². The van der Waals surface area contributed by atoms with Gasteiger partial charge in [0.25, 0.3) is 0 Å². The summed E-state index contributed by atoms with van der Waals surface area (Å²) in [6, 6.07) is 0. The van der Waals surface area contributed by atoms with Gasteiger partial charge >= 0.3 is 23.9 Å². The van der Waals surface area contributed by atoms with E-state index in [4.69, 9.17) is 18.9 Å². The second-order valence-corrected chi connectivity index (χ2v) is 17.5. The highest BCUT2D eigenvalue weighted by Gasteiger charge is 2.46. The van der Waals surface area contributed by atoms with Gasteiger partial charge in [0.1, 0.15) is 24.2 Å². The number of hydrogen-bond donors (Lipinski definition) is 1. The van der Waals surface area contributed by atoms with Crippen LogP contribution >= 0.6 is 0 Å². The van der Waals surface area contributed by atoms with Gasteiger partial charge in [0, 0.05) is 40.0 Å². The van der Waals surface area contributed by atoms with E-state index in [2.05, 4.69) is 23.8 Å². The number of rotatable bonds is 45. The maximum Gasteiger partial charge on any atom is 0.313 e. The molecule has 0 fully saturated rings. The highest BCUT2D eigenvalue weighted by Crippen LogP contribution is 2.26. The van der Waals surface area contributed by atoms with E-state index >= 15 is 0 Å². The standard InChI is InChI=1S/C51H94N2O9/c1-7-9-11-13-15-17-19-21-23-25-27-29-32-37-45(54)60-43(3)49(59-6)48(51(57)58)50(62-47(56)39-36-42-53-41-35-31-34-40-52-5)44(4)61-46(55)38-33-30-28-26-24-22-20-18-16-14-12-10-8-2/h40-41,43-44,48-50H,7-39,42H2,1-6H3,(H,57,58). The maximum atomic E-state index is 13.2. The highest BCUT2D eigenvalue weighted by molar-refractivity contribution is 5.75. The van der Waals surface area contributed by atoms with E-state index in [1.807, 2.05) is 12.4 Å². The van der Waals surface area contributed by atoms with Crippen LogP contribution in [-0.2, 0) is 38.1 Å². The summed E-state index contributed by atoms with van der Waals surface area (Å²) in [4.78, 5) is 60.5. The first-order valence-corrected chi connectivity index (χ1v) is 25.4. The Kier molecular flexibility index (Phi) is 41.5. The van der Waals surface area contributed by atoms with E-state index < -0.39 is 54.2 Å². The SMILES string of the molecule is CCCCCCCCCCCCCCCC(=O)OC(C)C(OC)C(C(=O)O)C(OC(=O)CCCN=CCCCC=NC)C(C)OC(=O)CCCCCCCCCCCCCCC.